The number of aromatic amines is 1. The van der Waals surface area contributed by atoms with Gasteiger partial charge in [-0.15, -0.1) is 0 Å². The van der Waals surface area contributed by atoms with E-state index in [1.807, 2.05) is 10.4 Å². The van der Waals surface area contributed by atoms with Gasteiger partial charge >= 0.3 is 12.3 Å². The molecule has 2 amide bonds. The second-order valence-electron chi connectivity index (χ2n) is 7.97. The van der Waals surface area contributed by atoms with Gasteiger partial charge in [-0.3, -0.25) is 15.2 Å². The van der Waals surface area contributed by atoms with E-state index in [-0.39, 0.29) is 35.2 Å². The molecule has 9 nitrogen and oxygen atoms in total. The predicted molar refractivity (Wildman–Crippen MR) is 112 cm³/mol. The Morgan fingerprint density at radius 2 is 1.91 bits per heavy atom. The standard InChI is InChI=1S/C20H22F4N4O5S/c21-14-2-1-3-15(25-19(30)31)13(14)11-28(7-4-12-5-8-34(32,33)9-6-12)18(29)16-10-17(27-26-16)20(22,23)24/h1-3,10,12,25H,4-9,11H2,(H,26,27)(H,30,31). The number of aromatic nitrogens is 2. The van der Waals surface area contributed by atoms with Crippen LogP contribution in [0.3, 0.4) is 0 Å². The third-order valence-electron chi connectivity index (χ3n) is 5.58. The van der Waals surface area contributed by atoms with Crippen LogP contribution in [0.1, 0.15) is 41.0 Å². The second kappa shape index (κ2) is 9.99. The Kier molecular flexibility index (Phi) is 7.48. The van der Waals surface area contributed by atoms with Crippen LogP contribution in [0.15, 0.2) is 24.3 Å². The van der Waals surface area contributed by atoms with Gasteiger partial charge in [-0.2, -0.15) is 18.3 Å². The van der Waals surface area contributed by atoms with Crippen LogP contribution in [0, 0.1) is 11.7 Å². The molecule has 0 atom stereocenters. The molecule has 0 saturated carbocycles. The van der Waals surface area contributed by atoms with E-state index in [9.17, 15) is 35.6 Å². The number of carbonyl (C=O) groups is 2. The smallest absolute Gasteiger partial charge is 0.435 e. The summed E-state index contributed by atoms with van der Waals surface area (Å²) < 4.78 is 76.6. The zero-order chi connectivity index (χ0) is 25.1. The van der Waals surface area contributed by atoms with E-state index >= 15 is 0 Å². The SMILES string of the molecule is O=C(O)Nc1cccc(F)c1CN(CCC1CCS(=O)(=O)CC1)C(=O)c1cc(C(F)(F)F)n[nH]1. The quantitative estimate of drug-likeness (QED) is 0.493. The number of nitrogens with zero attached hydrogens (tertiary/aromatic N) is 2. The van der Waals surface area contributed by atoms with Crippen LogP contribution in [-0.4, -0.2) is 58.7 Å². The number of carboxylic acid groups (broad SMARTS) is 1. The van der Waals surface area contributed by atoms with Crippen molar-refractivity contribution < 1.29 is 40.7 Å². The number of sulfone groups is 1. The van der Waals surface area contributed by atoms with Gasteiger partial charge in [-0.1, -0.05) is 6.07 Å². The molecule has 0 aliphatic carbocycles. The molecule has 1 fully saturated rings. The molecule has 14 heteroatoms. The van der Waals surface area contributed by atoms with E-state index < -0.39 is 51.8 Å². The normalized spacial score (nSPS) is 16.2. The number of halogens is 4. The summed E-state index contributed by atoms with van der Waals surface area (Å²) in [5, 5.41) is 16.2. The Morgan fingerprint density at radius 3 is 2.50 bits per heavy atom. The summed E-state index contributed by atoms with van der Waals surface area (Å²) >= 11 is 0. The maximum absolute atomic E-state index is 14.6. The van der Waals surface area contributed by atoms with E-state index in [0.29, 0.717) is 25.3 Å². The van der Waals surface area contributed by atoms with Crippen molar-refractivity contribution in [1.29, 1.82) is 0 Å². The number of alkyl halides is 3. The molecule has 0 bridgehead atoms. The maximum atomic E-state index is 14.6. The minimum Gasteiger partial charge on any atom is -0.465 e. The lowest BCUT2D eigenvalue weighted by Crippen LogP contribution is -2.34. The summed E-state index contributed by atoms with van der Waals surface area (Å²) in [5.74, 6) is -1.75. The molecular formula is C20H22F4N4O5S. The lowest BCUT2D eigenvalue weighted by Gasteiger charge is -2.27. The minimum atomic E-state index is -4.78. The van der Waals surface area contributed by atoms with E-state index in [1.54, 1.807) is 0 Å². The molecule has 186 valence electrons. The van der Waals surface area contributed by atoms with Crippen molar-refractivity contribution in [3.05, 3.63) is 47.0 Å². The Hall–Kier alpha value is -3.16. The Balaban J connectivity index is 1.86. The van der Waals surface area contributed by atoms with Gasteiger partial charge < -0.3 is 10.0 Å². The van der Waals surface area contributed by atoms with E-state index in [2.05, 4.69) is 5.10 Å². The van der Waals surface area contributed by atoms with Crippen molar-refractivity contribution in [3.63, 3.8) is 0 Å². The largest absolute Gasteiger partial charge is 0.465 e. The van der Waals surface area contributed by atoms with E-state index in [4.69, 9.17) is 5.11 Å². The summed E-state index contributed by atoms with van der Waals surface area (Å²) in [5.41, 5.74) is -2.05. The van der Waals surface area contributed by atoms with E-state index in [1.165, 1.54) is 12.1 Å². The van der Waals surface area contributed by atoms with Crippen LogP contribution < -0.4 is 5.32 Å². The molecule has 1 aliphatic rings. The first-order valence-electron chi connectivity index (χ1n) is 10.3. The summed E-state index contributed by atoms with van der Waals surface area (Å²) in [6.07, 6.45) is -5.16. The fourth-order valence-electron chi connectivity index (χ4n) is 3.71. The van der Waals surface area contributed by atoms with Gasteiger partial charge in [0.1, 0.15) is 21.3 Å². The molecular weight excluding hydrogens is 484 g/mol. The molecule has 1 aromatic heterocycles. The van der Waals surface area contributed by atoms with Gasteiger partial charge in [0.15, 0.2) is 5.69 Å². The van der Waals surface area contributed by atoms with Crippen LogP contribution in [0.4, 0.5) is 28.0 Å². The highest BCUT2D eigenvalue weighted by Crippen LogP contribution is 2.29. The molecule has 3 N–H and O–H groups in total. The zero-order valence-electron chi connectivity index (χ0n) is 17.7. The predicted octanol–water partition coefficient (Wildman–Crippen LogP) is 3.51. The average Bonchev–Trinajstić information content (AvgIpc) is 3.24. The van der Waals surface area contributed by atoms with Crippen LogP contribution in [0.25, 0.3) is 0 Å². The van der Waals surface area contributed by atoms with Gasteiger partial charge in [0.25, 0.3) is 5.91 Å². The molecule has 3 rings (SSSR count). The summed E-state index contributed by atoms with van der Waals surface area (Å²) in [6.45, 7) is -0.461. The monoisotopic (exact) mass is 506 g/mol. The molecule has 34 heavy (non-hydrogen) atoms. The average molecular weight is 506 g/mol. The summed E-state index contributed by atoms with van der Waals surface area (Å²) in [7, 11) is -3.11. The molecule has 2 heterocycles. The lowest BCUT2D eigenvalue weighted by atomic mass is 9.98. The van der Waals surface area contributed by atoms with Crippen LogP contribution in [0.2, 0.25) is 0 Å². The topological polar surface area (TPSA) is 132 Å². The highest BCUT2D eigenvalue weighted by molar-refractivity contribution is 7.91. The number of amides is 2. The maximum Gasteiger partial charge on any atom is 0.435 e. The number of carbonyl (C=O) groups excluding carboxylic acids is 1. The Morgan fingerprint density at radius 1 is 1.24 bits per heavy atom. The number of hydrogen-bond donors (Lipinski definition) is 3. The number of anilines is 1. The van der Waals surface area contributed by atoms with Crippen molar-refractivity contribution in [1.82, 2.24) is 15.1 Å². The first kappa shape index (κ1) is 25.5. The third kappa shape index (κ3) is 6.46. The van der Waals surface area contributed by atoms with Gasteiger partial charge in [-0.25, -0.2) is 17.6 Å². The first-order chi connectivity index (χ1) is 15.9. The van der Waals surface area contributed by atoms with Crippen LogP contribution in [-0.2, 0) is 22.6 Å². The summed E-state index contributed by atoms with van der Waals surface area (Å²) in [4.78, 5) is 25.2. The van der Waals surface area contributed by atoms with Gasteiger partial charge in [0.2, 0.25) is 0 Å². The van der Waals surface area contributed by atoms with Crippen molar-refractivity contribution in [3.8, 4) is 0 Å². The molecule has 0 radical (unpaired) electrons. The first-order valence-corrected chi connectivity index (χ1v) is 12.1. The van der Waals surface area contributed by atoms with E-state index in [0.717, 1.165) is 11.0 Å². The van der Waals surface area contributed by atoms with Crippen molar-refractivity contribution in [2.24, 2.45) is 5.92 Å². The zero-order valence-corrected chi connectivity index (χ0v) is 18.5. The number of nitrogens with one attached hydrogen (secondary N) is 2. The van der Waals surface area contributed by atoms with Gasteiger partial charge in [-0.05, 0) is 37.3 Å². The highest BCUT2D eigenvalue weighted by Gasteiger charge is 2.35. The van der Waals surface area contributed by atoms with Gasteiger partial charge in [0.05, 0.1) is 23.7 Å². The van der Waals surface area contributed by atoms with Crippen LogP contribution in [0.5, 0.6) is 0 Å². The van der Waals surface area contributed by atoms with Crippen molar-refractivity contribution in [2.45, 2.75) is 32.0 Å². The lowest BCUT2D eigenvalue weighted by molar-refractivity contribution is -0.141. The van der Waals surface area contributed by atoms with Crippen LogP contribution >= 0.6 is 0 Å². The molecule has 0 spiro atoms. The van der Waals surface area contributed by atoms with Crippen molar-refractivity contribution >= 4 is 27.5 Å². The highest BCUT2D eigenvalue weighted by atomic mass is 32.2. The number of rotatable bonds is 7. The summed E-state index contributed by atoms with van der Waals surface area (Å²) in [6, 6.07) is 4.16. The van der Waals surface area contributed by atoms with Crippen molar-refractivity contribution in [2.75, 3.05) is 23.4 Å². The number of hydrogen-bond acceptors (Lipinski definition) is 5. The fourth-order valence-corrected chi connectivity index (χ4v) is 5.30. The molecule has 1 saturated heterocycles. The number of H-pyrrole nitrogens is 1. The molecule has 1 aromatic carbocycles. The second-order valence-corrected chi connectivity index (χ2v) is 10.3. The Bertz CT molecular complexity index is 1150. The molecule has 1 aliphatic heterocycles. The third-order valence-corrected chi connectivity index (χ3v) is 7.29. The molecule has 2 aromatic rings. The minimum absolute atomic E-state index is 0.00109. The number of benzene rings is 1. The van der Waals surface area contributed by atoms with Gasteiger partial charge in [0, 0.05) is 18.2 Å². The Labute approximate surface area is 192 Å². The molecule has 0 unspecified atom stereocenters. The fraction of sp³-hybridized carbons (Fsp3) is 0.450.